The molecule has 2 heterocycles. The van der Waals surface area contributed by atoms with E-state index >= 15 is 0 Å². The molecule has 5 rings (SSSR count). The number of nitrogens with zero attached hydrogens (tertiary/aromatic N) is 3. The fraction of sp³-hybridized carbons (Fsp3) is 0.226. The summed E-state index contributed by atoms with van der Waals surface area (Å²) >= 11 is 1.45. The second-order valence-electron chi connectivity index (χ2n) is 9.85. The van der Waals surface area contributed by atoms with E-state index in [0.717, 1.165) is 22.8 Å². The molecular weight excluding hydrogens is 462 g/mol. The number of amidine groups is 1. The maximum absolute atomic E-state index is 13.6. The predicted molar refractivity (Wildman–Crippen MR) is 154 cm³/mol. The summed E-state index contributed by atoms with van der Waals surface area (Å²) in [5.41, 5.74) is 6.72. The number of carbonyl (C=O) groups excluding carboxylic acids is 1. The lowest BCUT2D eigenvalue weighted by molar-refractivity contribution is -0.122. The van der Waals surface area contributed by atoms with Gasteiger partial charge in [-0.1, -0.05) is 60.7 Å². The second-order valence-corrected chi connectivity index (χ2v) is 10.9. The fourth-order valence-corrected chi connectivity index (χ4v) is 5.73. The van der Waals surface area contributed by atoms with Crippen LogP contribution in [0.25, 0.3) is 11.6 Å². The Bertz CT molecular complexity index is 1370. The minimum Gasteiger partial charge on any atom is -0.366 e. The number of hydrogen-bond acceptors (Lipinski definition) is 4. The second kappa shape index (κ2) is 9.82. The van der Waals surface area contributed by atoms with Gasteiger partial charge in [0.15, 0.2) is 5.17 Å². The molecule has 0 aliphatic carbocycles. The highest BCUT2D eigenvalue weighted by Crippen LogP contribution is 2.39. The molecule has 0 N–H and O–H groups in total. The van der Waals surface area contributed by atoms with E-state index in [1.54, 1.807) is 0 Å². The van der Waals surface area contributed by atoms with Crippen LogP contribution in [0, 0.1) is 0 Å². The lowest BCUT2D eigenvalue weighted by atomic mass is 9.88. The number of benzene rings is 3. The van der Waals surface area contributed by atoms with Gasteiger partial charge in [0.2, 0.25) is 0 Å². The molecule has 2 aliphatic rings. The zero-order valence-electron chi connectivity index (χ0n) is 21.2. The number of hydrogen-bond donors (Lipinski definition) is 0. The molecule has 0 saturated carbocycles. The first-order valence-electron chi connectivity index (χ1n) is 12.3. The van der Waals surface area contributed by atoms with Gasteiger partial charge in [-0.15, -0.1) is 0 Å². The Morgan fingerprint density at radius 3 is 2.39 bits per heavy atom. The predicted octanol–water partition coefficient (Wildman–Crippen LogP) is 7.17. The monoisotopic (exact) mass is 493 g/mol. The molecule has 4 nitrogen and oxygen atoms in total. The van der Waals surface area contributed by atoms with Crippen molar-refractivity contribution in [2.24, 2.45) is 4.99 Å². The minimum atomic E-state index is -0.0314. The first-order valence-corrected chi connectivity index (χ1v) is 13.1. The lowest BCUT2D eigenvalue weighted by Crippen LogP contribution is -2.42. The topological polar surface area (TPSA) is 35.9 Å². The van der Waals surface area contributed by atoms with Gasteiger partial charge in [0.1, 0.15) is 0 Å². The Hall–Kier alpha value is -3.57. The van der Waals surface area contributed by atoms with Crippen molar-refractivity contribution >= 4 is 45.9 Å². The summed E-state index contributed by atoms with van der Waals surface area (Å²) in [6.45, 7) is 7.20. The van der Waals surface area contributed by atoms with E-state index in [2.05, 4.69) is 69.1 Å². The van der Waals surface area contributed by atoms with Crippen molar-refractivity contribution in [2.45, 2.75) is 32.7 Å². The molecular formula is C31H31N3OS. The van der Waals surface area contributed by atoms with Crippen molar-refractivity contribution in [1.82, 2.24) is 4.90 Å². The Morgan fingerprint density at radius 1 is 0.972 bits per heavy atom. The van der Waals surface area contributed by atoms with Crippen molar-refractivity contribution in [1.29, 1.82) is 0 Å². The first-order chi connectivity index (χ1) is 17.3. The van der Waals surface area contributed by atoms with E-state index in [1.807, 2.05) is 59.5 Å². The van der Waals surface area contributed by atoms with Gasteiger partial charge in [-0.05, 0) is 86.0 Å². The molecule has 1 fully saturated rings. The van der Waals surface area contributed by atoms with Crippen molar-refractivity contribution < 1.29 is 4.79 Å². The van der Waals surface area contributed by atoms with Crippen LogP contribution >= 0.6 is 11.8 Å². The molecule has 3 aromatic carbocycles. The van der Waals surface area contributed by atoms with Crippen LogP contribution in [0.3, 0.4) is 0 Å². The number of amides is 1. The number of aliphatic imine (C=N–C) groups is 1. The van der Waals surface area contributed by atoms with E-state index in [1.165, 1.54) is 34.1 Å². The third-order valence-corrected chi connectivity index (χ3v) is 7.88. The van der Waals surface area contributed by atoms with Gasteiger partial charge in [0.25, 0.3) is 5.91 Å². The molecule has 3 aromatic rings. The summed E-state index contributed by atoms with van der Waals surface area (Å²) in [4.78, 5) is 23.2. The summed E-state index contributed by atoms with van der Waals surface area (Å²) in [7, 11) is 2.13. The fourth-order valence-electron chi connectivity index (χ4n) is 4.71. The molecule has 0 radical (unpaired) electrons. The summed E-state index contributed by atoms with van der Waals surface area (Å²) in [5, 5.41) is 0.726. The Morgan fingerprint density at radius 2 is 1.67 bits per heavy atom. The van der Waals surface area contributed by atoms with Gasteiger partial charge in [0.05, 0.1) is 16.1 Å². The smallest absolute Gasteiger partial charge is 0.266 e. The molecule has 2 aliphatic heterocycles. The third-order valence-electron chi connectivity index (χ3n) is 6.87. The van der Waals surface area contributed by atoms with E-state index in [0.29, 0.717) is 11.4 Å². The van der Waals surface area contributed by atoms with Crippen LogP contribution in [0.5, 0.6) is 0 Å². The Kier molecular flexibility index (Phi) is 6.59. The quantitative estimate of drug-likeness (QED) is 0.354. The summed E-state index contributed by atoms with van der Waals surface area (Å²) in [6.07, 6.45) is 5.08. The average Bonchev–Trinajstić information content (AvgIpc) is 3.16. The Labute approximate surface area is 218 Å². The van der Waals surface area contributed by atoms with Crippen LogP contribution < -0.4 is 4.90 Å². The van der Waals surface area contributed by atoms with Crippen LogP contribution in [0.4, 0.5) is 11.4 Å². The highest BCUT2D eigenvalue weighted by atomic mass is 32.2. The van der Waals surface area contributed by atoms with Crippen molar-refractivity contribution in [3.63, 3.8) is 0 Å². The number of allylic oxidation sites excluding steroid dienone is 1. The lowest BCUT2D eigenvalue weighted by Gasteiger charge is -2.40. The number of fused-ring (bicyclic) bond motifs is 1. The van der Waals surface area contributed by atoms with Gasteiger partial charge in [-0.2, -0.15) is 0 Å². The maximum atomic E-state index is 13.6. The van der Waals surface area contributed by atoms with Crippen LogP contribution in [0.1, 0.15) is 37.5 Å². The number of carbonyl (C=O) groups is 1. The largest absolute Gasteiger partial charge is 0.366 e. The minimum absolute atomic E-state index is 0.00819. The number of thioether (sulfide) groups is 1. The van der Waals surface area contributed by atoms with E-state index in [-0.39, 0.29) is 11.4 Å². The SMILES string of the molecule is CC1=CC(C)(C)N(C)c2ccc(/C=C3/SC(=Nc4ccccc4)N(CCc4ccccc4)C3=O)cc21. The van der Waals surface area contributed by atoms with Gasteiger partial charge in [0, 0.05) is 24.8 Å². The first kappa shape index (κ1) is 24.1. The van der Waals surface area contributed by atoms with Crippen LogP contribution in [0.15, 0.2) is 94.8 Å². The molecule has 1 amide bonds. The van der Waals surface area contributed by atoms with Crippen molar-refractivity contribution in [3.8, 4) is 0 Å². The van der Waals surface area contributed by atoms with Crippen LogP contribution in [-0.4, -0.2) is 35.1 Å². The molecule has 5 heteroatoms. The van der Waals surface area contributed by atoms with Crippen molar-refractivity contribution in [2.75, 3.05) is 18.5 Å². The zero-order chi connectivity index (χ0) is 25.3. The van der Waals surface area contributed by atoms with E-state index in [9.17, 15) is 4.79 Å². The summed E-state index contributed by atoms with van der Waals surface area (Å²) < 4.78 is 0. The van der Waals surface area contributed by atoms with Gasteiger partial charge in [-0.3, -0.25) is 9.69 Å². The third kappa shape index (κ3) is 4.89. The van der Waals surface area contributed by atoms with Gasteiger partial charge >= 0.3 is 0 Å². The standard InChI is InChI=1S/C31H31N3OS/c1-22-21-31(2,3)33(4)27-16-15-24(19-26(22)27)20-28-29(35)34(18-17-23-11-7-5-8-12-23)30(36-28)32-25-13-9-6-10-14-25/h5-16,19-21H,17-18H2,1-4H3/b28-20+,32-30?. The number of rotatable bonds is 5. The van der Waals surface area contributed by atoms with Crippen molar-refractivity contribution in [3.05, 3.63) is 107 Å². The highest BCUT2D eigenvalue weighted by molar-refractivity contribution is 8.18. The summed E-state index contributed by atoms with van der Waals surface area (Å²) in [6, 6.07) is 26.6. The molecule has 36 heavy (non-hydrogen) atoms. The zero-order valence-corrected chi connectivity index (χ0v) is 22.0. The molecule has 1 saturated heterocycles. The van der Waals surface area contributed by atoms with Crippen LogP contribution in [0.2, 0.25) is 0 Å². The number of para-hydroxylation sites is 1. The van der Waals surface area contributed by atoms with E-state index in [4.69, 9.17) is 4.99 Å². The van der Waals surface area contributed by atoms with Crippen LogP contribution in [-0.2, 0) is 11.2 Å². The molecule has 0 bridgehead atoms. The van der Waals surface area contributed by atoms with Gasteiger partial charge in [-0.25, -0.2) is 4.99 Å². The number of likely N-dealkylation sites (N-methyl/N-ethyl adjacent to an activating group) is 1. The number of anilines is 1. The maximum Gasteiger partial charge on any atom is 0.266 e. The molecule has 182 valence electrons. The molecule has 0 spiro atoms. The normalized spacial score (nSPS) is 19.1. The Balaban J connectivity index is 1.46. The van der Waals surface area contributed by atoms with E-state index < -0.39 is 0 Å². The average molecular weight is 494 g/mol. The molecule has 0 atom stereocenters. The summed E-state index contributed by atoms with van der Waals surface area (Å²) in [5.74, 6) is 0.00819. The highest BCUT2D eigenvalue weighted by Gasteiger charge is 2.33. The van der Waals surface area contributed by atoms with Gasteiger partial charge < -0.3 is 4.90 Å². The molecule has 0 aromatic heterocycles. The molecule has 0 unspecified atom stereocenters.